The standard InChI is InChI=1S/C16H22ClNO2/c1-20-13-9-6-12(7-10-13)8-11-16(19)18-15-5-3-2-4-14(15)17/h6-7,9-10,14-15H,2-5,8,11H2,1H3,(H,18,19). The summed E-state index contributed by atoms with van der Waals surface area (Å²) >= 11 is 6.25. The molecular weight excluding hydrogens is 274 g/mol. The summed E-state index contributed by atoms with van der Waals surface area (Å²) in [5.41, 5.74) is 1.15. The molecule has 1 aliphatic rings. The number of halogens is 1. The number of carbonyl (C=O) groups is 1. The number of aryl methyl sites for hydroxylation is 1. The number of methoxy groups -OCH3 is 1. The van der Waals surface area contributed by atoms with Crippen molar-refractivity contribution < 1.29 is 9.53 Å². The maximum absolute atomic E-state index is 12.0. The lowest BCUT2D eigenvalue weighted by molar-refractivity contribution is -0.121. The first-order valence-electron chi connectivity index (χ1n) is 7.25. The van der Waals surface area contributed by atoms with Crippen LogP contribution >= 0.6 is 11.6 Å². The molecular formula is C16H22ClNO2. The highest BCUT2D eigenvalue weighted by atomic mass is 35.5. The van der Waals surface area contributed by atoms with Crippen molar-refractivity contribution in [1.29, 1.82) is 0 Å². The number of amides is 1. The molecule has 110 valence electrons. The zero-order valence-corrected chi connectivity index (χ0v) is 12.7. The quantitative estimate of drug-likeness (QED) is 0.847. The van der Waals surface area contributed by atoms with E-state index in [1.807, 2.05) is 24.3 Å². The van der Waals surface area contributed by atoms with Gasteiger partial charge in [0.05, 0.1) is 12.5 Å². The molecule has 1 fully saturated rings. The van der Waals surface area contributed by atoms with E-state index < -0.39 is 0 Å². The summed E-state index contributed by atoms with van der Waals surface area (Å²) in [6.45, 7) is 0. The zero-order chi connectivity index (χ0) is 14.4. The molecule has 1 aromatic rings. The first-order valence-corrected chi connectivity index (χ1v) is 7.69. The summed E-state index contributed by atoms with van der Waals surface area (Å²) < 4.78 is 5.11. The fourth-order valence-corrected chi connectivity index (χ4v) is 2.92. The molecule has 4 heteroatoms. The lowest BCUT2D eigenvalue weighted by atomic mass is 9.94. The number of alkyl halides is 1. The number of hydrogen-bond donors (Lipinski definition) is 1. The predicted molar refractivity (Wildman–Crippen MR) is 81.4 cm³/mol. The highest BCUT2D eigenvalue weighted by Gasteiger charge is 2.24. The van der Waals surface area contributed by atoms with Gasteiger partial charge in [0.1, 0.15) is 5.75 Å². The average molecular weight is 296 g/mol. The van der Waals surface area contributed by atoms with Gasteiger partial charge in [0.15, 0.2) is 0 Å². The van der Waals surface area contributed by atoms with E-state index in [-0.39, 0.29) is 17.3 Å². The topological polar surface area (TPSA) is 38.3 Å². The second kappa shape index (κ2) is 7.53. The van der Waals surface area contributed by atoms with Crippen molar-refractivity contribution in [2.24, 2.45) is 0 Å². The van der Waals surface area contributed by atoms with E-state index in [4.69, 9.17) is 16.3 Å². The van der Waals surface area contributed by atoms with Crippen LogP contribution in [0.2, 0.25) is 0 Å². The molecule has 0 saturated heterocycles. The van der Waals surface area contributed by atoms with Crippen molar-refractivity contribution >= 4 is 17.5 Å². The van der Waals surface area contributed by atoms with Gasteiger partial charge in [0, 0.05) is 12.5 Å². The summed E-state index contributed by atoms with van der Waals surface area (Å²) in [5, 5.41) is 3.16. The van der Waals surface area contributed by atoms with E-state index in [1.54, 1.807) is 7.11 Å². The van der Waals surface area contributed by atoms with Crippen molar-refractivity contribution in [2.75, 3.05) is 7.11 Å². The van der Waals surface area contributed by atoms with Crippen LogP contribution < -0.4 is 10.1 Å². The van der Waals surface area contributed by atoms with E-state index in [2.05, 4.69) is 5.32 Å². The molecule has 1 aliphatic carbocycles. The molecule has 2 unspecified atom stereocenters. The minimum atomic E-state index is 0.0914. The Kier molecular flexibility index (Phi) is 5.72. The SMILES string of the molecule is COc1ccc(CCC(=O)NC2CCCCC2Cl)cc1. The summed E-state index contributed by atoms with van der Waals surface area (Å²) in [7, 11) is 1.65. The molecule has 1 aromatic carbocycles. The van der Waals surface area contributed by atoms with Gasteiger partial charge in [-0.15, -0.1) is 11.6 Å². The lowest BCUT2D eigenvalue weighted by Crippen LogP contribution is -2.42. The number of carbonyl (C=O) groups excluding carboxylic acids is 1. The third-order valence-electron chi connectivity index (χ3n) is 3.83. The summed E-state index contributed by atoms with van der Waals surface area (Å²) in [6, 6.07) is 7.98. The first kappa shape index (κ1) is 15.2. The maximum Gasteiger partial charge on any atom is 0.220 e. The number of rotatable bonds is 5. The Morgan fingerprint density at radius 2 is 2.00 bits per heavy atom. The molecule has 0 spiro atoms. The Balaban J connectivity index is 1.76. The van der Waals surface area contributed by atoms with E-state index in [0.717, 1.165) is 37.0 Å². The van der Waals surface area contributed by atoms with E-state index >= 15 is 0 Å². The third-order valence-corrected chi connectivity index (χ3v) is 4.35. The van der Waals surface area contributed by atoms with Crippen LogP contribution in [0, 0.1) is 0 Å². The van der Waals surface area contributed by atoms with Crippen LogP contribution in [-0.2, 0) is 11.2 Å². The maximum atomic E-state index is 12.0. The summed E-state index contributed by atoms with van der Waals surface area (Å²) in [6.07, 6.45) is 5.59. The average Bonchev–Trinajstić information content (AvgIpc) is 2.48. The zero-order valence-electron chi connectivity index (χ0n) is 11.9. The molecule has 0 heterocycles. The second-order valence-electron chi connectivity index (χ2n) is 5.32. The van der Waals surface area contributed by atoms with E-state index in [1.165, 1.54) is 6.42 Å². The Morgan fingerprint density at radius 1 is 1.30 bits per heavy atom. The lowest BCUT2D eigenvalue weighted by Gasteiger charge is -2.27. The minimum Gasteiger partial charge on any atom is -0.497 e. The number of ether oxygens (including phenoxy) is 1. The second-order valence-corrected chi connectivity index (χ2v) is 5.88. The van der Waals surface area contributed by atoms with Crippen LogP contribution in [0.1, 0.15) is 37.7 Å². The molecule has 1 saturated carbocycles. The van der Waals surface area contributed by atoms with Gasteiger partial charge in [-0.2, -0.15) is 0 Å². The fraction of sp³-hybridized carbons (Fsp3) is 0.562. The first-order chi connectivity index (χ1) is 9.69. The molecule has 2 rings (SSSR count). The normalized spacial score (nSPS) is 22.3. The number of hydrogen-bond acceptors (Lipinski definition) is 2. The van der Waals surface area contributed by atoms with Gasteiger partial charge in [0.2, 0.25) is 5.91 Å². The van der Waals surface area contributed by atoms with E-state index in [0.29, 0.717) is 6.42 Å². The molecule has 1 N–H and O–H groups in total. The molecule has 20 heavy (non-hydrogen) atoms. The highest BCUT2D eigenvalue weighted by Crippen LogP contribution is 2.23. The van der Waals surface area contributed by atoms with Gasteiger partial charge in [-0.3, -0.25) is 4.79 Å². The van der Waals surface area contributed by atoms with Crippen LogP contribution in [-0.4, -0.2) is 24.4 Å². The molecule has 0 radical (unpaired) electrons. The monoisotopic (exact) mass is 295 g/mol. The van der Waals surface area contributed by atoms with Gasteiger partial charge in [-0.25, -0.2) is 0 Å². The smallest absolute Gasteiger partial charge is 0.220 e. The van der Waals surface area contributed by atoms with Crippen LogP contribution in [0.15, 0.2) is 24.3 Å². The molecule has 0 aliphatic heterocycles. The van der Waals surface area contributed by atoms with Crippen molar-refractivity contribution in [3.63, 3.8) is 0 Å². The van der Waals surface area contributed by atoms with Gasteiger partial charge < -0.3 is 10.1 Å². The van der Waals surface area contributed by atoms with Gasteiger partial charge in [0.25, 0.3) is 0 Å². The molecule has 3 nitrogen and oxygen atoms in total. The van der Waals surface area contributed by atoms with Crippen LogP contribution in [0.4, 0.5) is 0 Å². The molecule has 1 amide bonds. The van der Waals surface area contributed by atoms with E-state index in [9.17, 15) is 4.79 Å². The van der Waals surface area contributed by atoms with Crippen molar-refractivity contribution in [3.05, 3.63) is 29.8 Å². The Hall–Kier alpha value is -1.22. The Bertz CT molecular complexity index is 433. The van der Waals surface area contributed by atoms with Crippen LogP contribution in [0.5, 0.6) is 5.75 Å². The summed E-state index contributed by atoms with van der Waals surface area (Å²) in [5.74, 6) is 0.934. The highest BCUT2D eigenvalue weighted by molar-refractivity contribution is 6.21. The fourth-order valence-electron chi connectivity index (χ4n) is 2.58. The largest absolute Gasteiger partial charge is 0.497 e. The summed E-state index contributed by atoms with van der Waals surface area (Å²) in [4.78, 5) is 12.0. The number of benzene rings is 1. The molecule has 2 atom stereocenters. The number of nitrogens with one attached hydrogen (secondary N) is 1. The molecule has 0 bridgehead atoms. The third kappa shape index (κ3) is 4.41. The van der Waals surface area contributed by atoms with Crippen LogP contribution in [0.3, 0.4) is 0 Å². The minimum absolute atomic E-state index is 0.0914. The van der Waals surface area contributed by atoms with Crippen molar-refractivity contribution in [2.45, 2.75) is 49.9 Å². The molecule has 0 aromatic heterocycles. The Morgan fingerprint density at radius 3 is 2.65 bits per heavy atom. The van der Waals surface area contributed by atoms with Crippen molar-refractivity contribution in [3.8, 4) is 5.75 Å². The van der Waals surface area contributed by atoms with Crippen molar-refractivity contribution in [1.82, 2.24) is 5.32 Å². The van der Waals surface area contributed by atoms with Gasteiger partial charge in [-0.05, 0) is 37.0 Å². The van der Waals surface area contributed by atoms with Gasteiger partial charge >= 0.3 is 0 Å². The van der Waals surface area contributed by atoms with Crippen LogP contribution in [0.25, 0.3) is 0 Å². The Labute approximate surface area is 125 Å². The predicted octanol–water partition coefficient (Wildman–Crippen LogP) is 3.29. The van der Waals surface area contributed by atoms with Gasteiger partial charge in [-0.1, -0.05) is 25.0 Å².